The largest absolute Gasteiger partial charge is 0.419 e. The average molecular weight is 332 g/mol. The van der Waals surface area contributed by atoms with Gasteiger partial charge in [-0.2, -0.15) is 0 Å². The summed E-state index contributed by atoms with van der Waals surface area (Å²) in [4.78, 5) is 18.1. The minimum absolute atomic E-state index is 0.423. The zero-order valence-electron chi connectivity index (χ0n) is 14.6. The first-order chi connectivity index (χ1) is 12.0. The Bertz CT molecular complexity index is 871. The van der Waals surface area contributed by atoms with Crippen molar-refractivity contribution in [1.82, 2.24) is 4.98 Å². The Labute approximate surface area is 147 Å². The first-order valence-electron chi connectivity index (χ1n) is 8.07. The summed E-state index contributed by atoms with van der Waals surface area (Å²) in [6.07, 6.45) is 3.09. The second-order valence-electron chi connectivity index (χ2n) is 6.04. The molecule has 0 spiro atoms. The maximum absolute atomic E-state index is 12.5. The molecule has 126 valence electrons. The van der Waals surface area contributed by atoms with Crippen LogP contribution in [0.5, 0.6) is 5.75 Å². The predicted molar refractivity (Wildman–Crippen MR) is 100 cm³/mol. The van der Waals surface area contributed by atoms with E-state index in [0.29, 0.717) is 5.75 Å². The van der Waals surface area contributed by atoms with Gasteiger partial charge in [0, 0.05) is 30.7 Å². The number of pyridine rings is 1. The van der Waals surface area contributed by atoms with Crippen LogP contribution in [0.15, 0.2) is 67.0 Å². The van der Waals surface area contributed by atoms with Gasteiger partial charge >= 0.3 is 6.09 Å². The Morgan fingerprint density at radius 2 is 1.68 bits per heavy atom. The van der Waals surface area contributed by atoms with Gasteiger partial charge < -0.3 is 4.74 Å². The summed E-state index contributed by atoms with van der Waals surface area (Å²) in [5.41, 5.74) is 4.95. The van der Waals surface area contributed by atoms with Crippen molar-refractivity contribution in [2.24, 2.45) is 0 Å². The molecule has 1 heterocycles. The summed E-state index contributed by atoms with van der Waals surface area (Å²) in [5.74, 6) is 0.502. The minimum Gasteiger partial charge on any atom is -0.410 e. The smallest absolute Gasteiger partial charge is 0.410 e. The molecule has 1 amide bonds. The number of carbonyl (C=O) groups excluding carboxylic acids is 1. The first-order valence-corrected chi connectivity index (χ1v) is 8.07. The Morgan fingerprint density at radius 1 is 0.960 bits per heavy atom. The molecule has 0 fully saturated rings. The molecule has 2 aromatic carbocycles. The highest BCUT2D eigenvalue weighted by molar-refractivity contribution is 5.89. The van der Waals surface area contributed by atoms with Gasteiger partial charge in [-0.3, -0.25) is 9.88 Å². The van der Waals surface area contributed by atoms with Gasteiger partial charge in [0.05, 0.1) is 0 Å². The molecule has 0 bridgehead atoms. The van der Waals surface area contributed by atoms with Gasteiger partial charge in [-0.1, -0.05) is 24.3 Å². The predicted octanol–water partition coefficient (Wildman–Crippen LogP) is 5.00. The van der Waals surface area contributed by atoms with Crippen LogP contribution in [0.2, 0.25) is 0 Å². The number of rotatable bonds is 3. The Balaban J connectivity index is 1.79. The van der Waals surface area contributed by atoms with Crippen LogP contribution in [0.4, 0.5) is 10.5 Å². The van der Waals surface area contributed by atoms with E-state index in [1.54, 1.807) is 25.5 Å². The van der Waals surface area contributed by atoms with Crippen LogP contribution in [0.3, 0.4) is 0 Å². The highest BCUT2D eigenvalue weighted by Gasteiger charge is 2.14. The zero-order chi connectivity index (χ0) is 17.8. The van der Waals surface area contributed by atoms with Crippen molar-refractivity contribution in [3.8, 4) is 16.9 Å². The fourth-order valence-electron chi connectivity index (χ4n) is 2.69. The molecule has 0 aliphatic heterocycles. The summed E-state index contributed by atoms with van der Waals surface area (Å²) in [5, 5.41) is 0. The SMILES string of the molecule is Cc1cc(C)cc(N(C)C(=O)Oc2cccc(-c3cccnc3)c2)c1. The van der Waals surface area contributed by atoms with Gasteiger partial charge in [0.25, 0.3) is 0 Å². The molecule has 0 radical (unpaired) electrons. The van der Waals surface area contributed by atoms with E-state index in [1.807, 2.05) is 56.3 Å². The normalized spacial score (nSPS) is 10.4. The number of aryl methyl sites for hydroxylation is 2. The molecule has 0 unspecified atom stereocenters. The van der Waals surface area contributed by atoms with E-state index in [4.69, 9.17) is 4.74 Å². The minimum atomic E-state index is -0.423. The van der Waals surface area contributed by atoms with Crippen molar-refractivity contribution in [1.29, 1.82) is 0 Å². The van der Waals surface area contributed by atoms with Crippen molar-refractivity contribution in [3.05, 3.63) is 78.1 Å². The standard InChI is InChI=1S/C21H20N2O2/c1-15-10-16(2)12-19(11-15)23(3)21(24)25-20-8-4-6-17(13-20)18-7-5-9-22-14-18/h4-14H,1-3H3. The second kappa shape index (κ2) is 7.18. The molecule has 1 aromatic heterocycles. The maximum atomic E-state index is 12.5. The van der Waals surface area contributed by atoms with E-state index in [1.165, 1.54) is 4.90 Å². The van der Waals surface area contributed by atoms with E-state index < -0.39 is 6.09 Å². The van der Waals surface area contributed by atoms with Gasteiger partial charge in [0.2, 0.25) is 0 Å². The summed E-state index contributed by atoms with van der Waals surface area (Å²) in [7, 11) is 1.71. The van der Waals surface area contributed by atoms with Gasteiger partial charge in [-0.05, 0) is 60.9 Å². The van der Waals surface area contributed by atoms with Crippen molar-refractivity contribution < 1.29 is 9.53 Å². The molecule has 0 saturated heterocycles. The fraction of sp³-hybridized carbons (Fsp3) is 0.143. The lowest BCUT2D eigenvalue weighted by atomic mass is 10.1. The van der Waals surface area contributed by atoms with Crippen LogP contribution in [0.25, 0.3) is 11.1 Å². The third-order valence-electron chi connectivity index (χ3n) is 3.90. The summed E-state index contributed by atoms with van der Waals surface area (Å²) >= 11 is 0. The van der Waals surface area contributed by atoms with Crippen molar-refractivity contribution in [2.75, 3.05) is 11.9 Å². The summed E-state index contributed by atoms with van der Waals surface area (Å²) < 4.78 is 5.54. The monoisotopic (exact) mass is 332 g/mol. The highest BCUT2D eigenvalue weighted by Crippen LogP contribution is 2.24. The van der Waals surface area contributed by atoms with Gasteiger partial charge in [-0.15, -0.1) is 0 Å². The lowest BCUT2D eigenvalue weighted by Gasteiger charge is -2.18. The van der Waals surface area contributed by atoms with Gasteiger partial charge in [0.15, 0.2) is 0 Å². The van der Waals surface area contributed by atoms with Crippen LogP contribution in [0.1, 0.15) is 11.1 Å². The van der Waals surface area contributed by atoms with Gasteiger partial charge in [-0.25, -0.2) is 4.79 Å². The van der Waals surface area contributed by atoms with Crippen LogP contribution >= 0.6 is 0 Å². The third-order valence-corrected chi connectivity index (χ3v) is 3.90. The number of nitrogens with zero attached hydrogens (tertiary/aromatic N) is 2. The maximum Gasteiger partial charge on any atom is 0.419 e. The molecule has 25 heavy (non-hydrogen) atoms. The molecule has 0 aliphatic carbocycles. The van der Waals surface area contributed by atoms with Crippen molar-refractivity contribution >= 4 is 11.8 Å². The van der Waals surface area contributed by atoms with E-state index in [2.05, 4.69) is 11.1 Å². The first kappa shape index (κ1) is 16.7. The average Bonchev–Trinajstić information content (AvgIpc) is 2.61. The van der Waals surface area contributed by atoms with Gasteiger partial charge in [0.1, 0.15) is 5.75 Å². The van der Waals surface area contributed by atoms with E-state index in [9.17, 15) is 4.79 Å². The lowest BCUT2D eigenvalue weighted by molar-refractivity contribution is 0.209. The van der Waals surface area contributed by atoms with Crippen LogP contribution in [0, 0.1) is 13.8 Å². The number of amides is 1. The number of hydrogen-bond donors (Lipinski definition) is 0. The van der Waals surface area contributed by atoms with Crippen molar-refractivity contribution in [3.63, 3.8) is 0 Å². The quantitative estimate of drug-likeness (QED) is 0.678. The highest BCUT2D eigenvalue weighted by atomic mass is 16.6. The molecule has 4 nitrogen and oxygen atoms in total. The molecule has 4 heteroatoms. The lowest BCUT2D eigenvalue weighted by Crippen LogP contribution is -2.29. The summed E-state index contributed by atoms with van der Waals surface area (Å²) in [6.45, 7) is 4.01. The number of benzene rings is 2. The molecule has 3 rings (SSSR count). The molecule has 0 N–H and O–H groups in total. The van der Waals surface area contributed by atoms with E-state index in [0.717, 1.165) is 27.9 Å². The molecule has 0 aliphatic rings. The van der Waals surface area contributed by atoms with Crippen LogP contribution in [-0.4, -0.2) is 18.1 Å². The summed E-state index contributed by atoms with van der Waals surface area (Å²) in [6, 6.07) is 17.3. The topological polar surface area (TPSA) is 42.4 Å². The molecule has 0 saturated carbocycles. The molecular formula is C21H20N2O2. The molecule has 3 aromatic rings. The number of anilines is 1. The second-order valence-corrected chi connectivity index (χ2v) is 6.04. The Morgan fingerprint density at radius 3 is 2.36 bits per heavy atom. The van der Waals surface area contributed by atoms with Crippen molar-refractivity contribution in [2.45, 2.75) is 13.8 Å². The number of carbonyl (C=O) groups is 1. The Hall–Kier alpha value is -3.14. The number of ether oxygens (including phenoxy) is 1. The number of hydrogen-bond acceptors (Lipinski definition) is 3. The molecule has 0 atom stereocenters. The fourth-order valence-corrected chi connectivity index (χ4v) is 2.69. The van der Waals surface area contributed by atoms with Crippen LogP contribution < -0.4 is 9.64 Å². The van der Waals surface area contributed by atoms with E-state index in [-0.39, 0.29) is 0 Å². The molecular weight excluding hydrogens is 312 g/mol. The zero-order valence-corrected chi connectivity index (χ0v) is 14.6. The van der Waals surface area contributed by atoms with Crippen LogP contribution in [-0.2, 0) is 0 Å². The van der Waals surface area contributed by atoms with E-state index >= 15 is 0 Å². The third kappa shape index (κ3) is 4.04. The Kier molecular flexibility index (Phi) is 4.80. The number of aromatic nitrogens is 1.